The van der Waals surface area contributed by atoms with Gasteiger partial charge in [-0.15, -0.1) is 0 Å². The SMILES string of the molecule is CC1CCN(C(CNC(=O)Cc2ccc3c(c2)OCCO3)c2ccco2)CC1. The summed E-state index contributed by atoms with van der Waals surface area (Å²) >= 11 is 0. The second kappa shape index (κ2) is 8.69. The van der Waals surface area contributed by atoms with E-state index in [4.69, 9.17) is 13.9 Å². The van der Waals surface area contributed by atoms with Crippen LogP contribution >= 0.6 is 0 Å². The van der Waals surface area contributed by atoms with Gasteiger partial charge in [-0.3, -0.25) is 9.69 Å². The van der Waals surface area contributed by atoms with Gasteiger partial charge in [-0.05, 0) is 61.7 Å². The van der Waals surface area contributed by atoms with E-state index in [1.54, 1.807) is 6.26 Å². The molecule has 1 unspecified atom stereocenters. The van der Waals surface area contributed by atoms with Crippen LogP contribution < -0.4 is 14.8 Å². The molecule has 0 radical (unpaired) electrons. The molecular formula is C22H28N2O4. The Bertz CT molecular complexity index is 782. The molecule has 2 aromatic rings. The van der Waals surface area contributed by atoms with Crippen LogP contribution in [0.15, 0.2) is 41.0 Å². The molecule has 1 aromatic carbocycles. The zero-order valence-corrected chi connectivity index (χ0v) is 16.4. The Kier molecular flexibility index (Phi) is 5.86. The molecule has 0 aliphatic carbocycles. The van der Waals surface area contributed by atoms with Gasteiger partial charge in [0, 0.05) is 6.54 Å². The van der Waals surface area contributed by atoms with Gasteiger partial charge in [-0.1, -0.05) is 13.0 Å². The fourth-order valence-corrected chi connectivity index (χ4v) is 3.89. The van der Waals surface area contributed by atoms with E-state index in [1.165, 1.54) is 12.8 Å². The molecule has 6 heteroatoms. The highest BCUT2D eigenvalue weighted by molar-refractivity contribution is 5.78. The number of ether oxygens (including phenoxy) is 2. The Morgan fingerprint density at radius 3 is 2.71 bits per heavy atom. The number of furan rings is 1. The van der Waals surface area contributed by atoms with Crippen LogP contribution in [0.3, 0.4) is 0 Å². The van der Waals surface area contributed by atoms with Crippen LogP contribution in [-0.4, -0.2) is 43.7 Å². The Balaban J connectivity index is 1.36. The van der Waals surface area contributed by atoms with Crippen molar-refractivity contribution in [2.75, 3.05) is 32.8 Å². The summed E-state index contributed by atoms with van der Waals surface area (Å²) in [6.07, 6.45) is 4.38. The van der Waals surface area contributed by atoms with Crippen molar-refractivity contribution in [2.45, 2.75) is 32.2 Å². The molecular weight excluding hydrogens is 356 g/mol. The van der Waals surface area contributed by atoms with Crippen LogP contribution in [-0.2, 0) is 11.2 Å². The zero-order chi connectivity index (χ0) is 19.3. The second-order valence-corrected chi connectivity index (χ2v) is 7.71. The van der Waals surface area contributed by atoms with E-state index in [2.05, 4.69) is 17.1 Å². The number of piperidine rings is 1. The molecule has 1 atom stereocenters. The van der Waals surface area contributed by atoms with E-state index in [0.29, 0.717) is 31.9 Å². The molecule has 2 aliphatic heterocycles. The summed E-state index contributed by atoms with van der Waals surface area (Å²) in [6.45, 7) is 6.02. The third-order valence-electron chi connectivity index (χ3n) is 5.59. The lowest BCUT2D eigenvalue weighted by atomic mass is 9.97. The fraction of sp³-hybridized carbons (Fsp3) is 0.500. The van der Waals surface area contributed by atoms with E-state index in [9.17, 15) is 4.79 Å². The maximum Gasteiger partial charge on any atom is 0.224 e. The molecule has 28 heavy (non-hydrogen) atoms. The van der Waals surface area contributed by atoms with Crippen molar-refractivity contribution in [2.24, 2.45) is 5.92 Å². The number of fused-ring (bicyclic) bond motifs is 1. The first kappa shape index (κ1) is 18.9. The summed E-state index contributed by atoms with van der Waals surface area (Å²) in [5.74, 6) is 3.13. The first-order chi connectivity index (χ1) is 13.7. The Hall–Kier alpha value is -2.47. The smallest absolute Gasteiger partial charge is 0.224 e. The van der Waals surface area contributed by atoms with Crippen LogP contribution in [0.4, 0.5) is 0 Å². The Morgan fingerprint density at radius 2 is 1.96 bits per heavy atom. The van der Waals surface area contributed by atoms with Crippen molar-refractivity contribution in [1.29, 1.82) is 0 Å². The highest BCUT2D eigenvalue weighted by atomic mass is 16.6. The van der Waals surface area contributed by atoms with Gasteiger partial charge in [-0.2, -0.15) is 0 Å². The Labute approximate surface area is 165 Å². The van der Waals surface area contributed by atoms with E-state index >= 15 is 0 Å². The lowest BCUT2D eigenvalue weighted by Crippen LogP contribution is -2.42. The number of rotatable bonds is 6. The summed E-state index contributed by atoms with van der Waals surface area (Å²) < 4.78 is 16.8. The number of hydrogen-bond acceptors (Lipinski definition) is 5. The number of benzene rings is 1. The minimum Gasteiger partial charge on any atom is -0.486 e. The van der Waals surface area contributed by atoms with E-state index < -0.39 is 0 Å². The van der Waals surface area contributed by atoms with Gasteiger partial charge in [0.25, 0.3) is 0 Å². The van der Waals surface area contributed by atoms with E-state index in [-0.39, 0.29) is 11.9 Å². The summed E-state index contributed by atoms with van der Waals surface area (Å²) in [5.41, 5.74) is 0.920. The second-order valence-electron chi connectivity index (χ2n) is 7.71. The predicted molar refractivity (Wildman–Crippen MR) is 106 cm³/mol. The minimum absolute atomic E-state index is 0.00129. The summed E-state index contributed by atoms with van der Waals surface area (Å²) in [6, 6.07) is 9.67. The first-order valence-electron chi connectivity index (χ1n) is 10.1. The number of likely N-dealkylation sites (tertiary alicyclic amines) is 1. The lowest BCUT2D eigenvalue weighted by Gasteiger charge is -2.35. The van der Waals surface area contributed by atoms with Gasteiger partial charge in [0.1, 0.15) is 19.0 Å². The molecule has 150 valence electrons. The summed E-state index contributed by atoms with van der Waals surface area (Å²) in [7, 11) is 0. The van der Waals surface area contributed by atoms with Crippen LogP contribution in [0.1, 0.15) is 37.1 Å². The number of nitrogens with zero attached hydrogens (tertiary/aromatic N) is 1. The van der Waals surface area contributed by atoms with Crippen LogP contribution in [0, 0.1) is 5.92 Å². The number of carbonyl (C=O) groups is 1. The predicted octanol–water partition coefficient (Wildman–Crippen LogP) is 3.18. The van der Waals surface area contributed by atoms with Gasteiger partial charge in [0.2, 0.25) is 5.91 Å². The van der Waals surface area contributed by atoms with Crippen LogP contribution in [0.5, 0.6) is 11.5 Å². The molecule has 1 fully saturated rings. The molecule has 1 N–H and O–H groups in total. The largest absolute Gasteiger partial charge is 0.486 e. The normalized spacial score (nSPS) is 18.6. The third kappa shape index (κ3) is 4.50. The van der Waals surface area contributed by atoms with Crippen molar-refractivity contribution < 1.29 is 18.7 Å². The summed E-state index contributed by atoms with van der Waals surface area (Å²) in [5, 5.41) is 3.10. The van der Waals surface area contributed by atoms with Crippen molar-refractivity contribution in [3.05, 3.63) is 47.9 Å². The molecule has 4 rings (SSSR count). The summed E-state index contributed by atoms with van der Waals surface area (Å²) in [4.78, 5) is 15.0. The topological polar surface area (TPSA) is 63.9 Å². The van der Waals surface area contributed by atoms with Gasteiger partial charge in [0.15, 0.2) is 11.5 Å². The first-order valence-corrected chi connectivity index (χ1v) is 10.1. The average molecular weight is 384 g/mol. The quantitative estimate of drug-likeness (QED) is 0.829. The van der Waals surface area contributed by atoms with Gasteiger partial charge in [-0.25, -0.2) is 0 Å². The maximum absolute atomic E-state index is 12.6. The number of amides is 1. The highest BCUT2D eigenvalue weighted by Crippen LogP contribution is 2.31. The third-order valence-corrected chi connectivity index (χ3v) is 5.59. The Morgan fingerprint density at radius 1 is 1.18 bits per heavy atom. The number of hydrogen-bond donors (Lipinski definition) is 1. The molecule has 1 saturated heterocycles. The molecule has 6 nitrogen and oxygen atoms in total. The maximum atomic E-state index is 12.6. The zero-order valence-electron chi connectivity index (χ0n) is 16.4. The monoisotopic (exact) mass is 384 g/mol. The fourth-order valence-electron chi connectivity index (χ4n) is 3.89. The average Bonchev–Trinajstić information content (AvgIpc) is 3.24. The molecule has 1 amide bonds. The van der Waals surface area contributed by atoms with Crippen LogP contribution in [0.25, 0.3) is 0 Å². The molecule has 1 aromatic heterocycles. The number of nitrogens with one attached hydrogen (secondary N) is 1. The van der Waals surface area contributed by atoms with Gasteiger partial charge >= 0.3 is 0 Å². The van der Waals surface area contributed by atoms with Crippen molar-refractivity contribution in [1.82, 2.24) is 10.2 Å². The van der Waals surface area contributed by atoms with E-state index in [1.807, 2.05) is 30.3 Å². The van der Waals surface area contributed by atoms with Crippen molar-refractivity contribution in [3.63, 3.8) is 0 Å². The molecule has 0 saturated carbocycles. The van der Waals surface area contributed by atoms with Crippen molar-refractivity contribution in [3.8, 4) is 11.5 Å². The number of carbonyl (C=O) groups excluding carboxylic acids is 1. The van der Waals surface area contributed by atoms with Gasteiger partial charge < -0.3 is 19.2 Å². The van der Waals surface area contributed by atoms with E-state index in [0.717, 1.165) is 36.1 Å². The highest BCUT2D eigenvalue weighted by Gasteiger charge is 2.27. The molecule has 0 spiro atoms. The van der Waals surface area contributed by atoms with Gasteiger partial charge in [0.05, 0.1) is 18.7 Å². The minimum atomic E-state index is -0.00129. The molecule has 2 aliphatic rings. The lowest BCUT2D eigenvalue weighted by molar-refractivity contribution is -0.120. The standard InChI is InChI=1S/C22H28N2O4/c1-16-6-8-24(9-7-16)18(19-3-2-10-26-19)15-23-22(25)14-17-4-5-20-21(13-17)28-12-11-27-20/h2-5,10,13,16,18H,6-9,11-12,14-15H2,1H3,(H,23,25). The van der Waals surface area contributed by atoms with Crippen molar-refractivity contribution >= 4 is 5.91 Å². The molecule has 0 bridgehead atoms. The molecule has 3 heterocycles. The van der Waals surface area contributed by atoms with Crippen LogP contribution in [0.2, 0.25) is 0 Å².